The Labute approximate surface area is 152 Å². The number of halogens is 1. The molecule has 0 atom stereocenters. The summed E-state index contributed by atoms with van der Waals surface area (Å²) in [6, 6.07) is 15.0. The summed E-state index contributed by atoms with van der Waals surface area (Å²) in [5.74, 6) is 0.717. The number of hydrogen-bond donors (Lipinski definition) is 0. The third kappa shape index (κ3) is 3.49. The van der Waals surface area contributed by atoms with Crippen LogP contribution in [0.25, 0.3) is 11.3 Å². The van der Waals surface area contributed by atoms with Gasteiger partial charge in [0.25, 0.3) is 5.91 Å². The van der Waals surface area contributed by atoms with E-state index < -0.39 is 0 Å². The first-order chi connectivity index (χ1) is 11.6. The predicted molar refractivity (Wildman–Crippen MR) is 101 cm³/mol. The summed E-state index contributed by atoms with van der Waals surface area (Å²) in [4.78, 5) is 18.7. The molecule has 4 nitrogen and oxygen atoms in total. The molecule has 6 heteroatoms. The highest BCUT2D eigenvalue weighted by Gasteiger charge is 2.17. The fraction of sp³-hybridized carbons (Fsp3) is 0.111. The Kier molecular flexibility index (Phi) is 4.97. The lowest BCUT2D eigenvalue weighted by Crippen LogP contribution is -2.25. The molecule has 1 heterocycles. The van der Waals surface area contributed by atoms with Crippen molar-refractivity contribution in [3.8, 4) is 17.0 Å². The minimum Gasteiger partial charge on any atom is -0.497 e. The monoisotopic (exact) mass is 402 g/mol. The maximum Gasteiger partial charge on any atom is 0.259 e. The second-order valence-electron chi connectivity index (χ2n) is 5.11. The van der Waals surface area contributed by atoms with Gasteiger partial charge in [0.05, 0.1) is 12.8 Å². The zero-order valence-electron chi connectivity index (χ0n) is 13.2. The van der Waals surface area contributed by atoms with E-state index in [1.54, 1.807) is 31.2 Å². The van der Waals surface area contributed by atoms with E-state index in [1.807, 2.05) is 41.8 Å². The summed E-state index contributed by atoms with van der Waals surface area (Å²) in [6.45, 7) is 0. The second kappa shape index (κ2) is 7.15. The molecular weight excluding hydrogens is 388 g/mol. The van der Waals surface area contributed by atoms with Crippen molar-refractivity contribution >= 4 is 38.3 Å². The molecule has 3 aromatic rings. The van der Waals surface area contributed by atoms with E-state index in [2.05, 4.69) is 20.9 Å². The average Bonchev–Trinajstić information content (AvgIpc) is 3.11. The molecule has 2 aromatic carbocycles. The van der Waals surface area contributed by atoms with Gasteiger partial charge in [0.15, 0.2) is 5.13 Å². The molecule has 0 aliphatic rings. The molecule has 1 amide bonds. The number of ether oxygens (including phenoxy) is 1. The Morgan fingerprint density at radius 3 is 2.42 bits per heavy atom. The van der Waals surface area contributed by atoms with E-state index in [0.29, 0.717) is 10.7 Å². The number of amides is 1. The first kappa shape index (κ1) is 16.7. The van der Waals surface area contributed by atoms with E-state index in [-0.39, 0.29) is 5.91 Å². The summed E-state index contributed by atoms with van der Waals surface area (Å²) in [7, 11) is 3.37. The van der Waals surface area contributed by atoms with Gasteiger partial charge in [-0.05, 0) is 48.5 Å². The van der Waals surface area contributed by atoms with E-state index in [1.165, 1.54) is 11.3 Å². The zero-order chi connectivity index (χ0) is 17.1. The van der Waals surface area contributed by atoms with Crippen molar-refractivity contribution in [2.24, 2.45) is 0 Å². The first-order valence-corrected chi connectivity index (χ1v) is 8.89. The number of thiazole rings is 1. The highest BCUT2D eigenvalue weighted by atomic mass is 79.9. The molecule has 0 saturated carbocycles. The van der Waals surface area contributed by atoms with Crippen LogP contribution in [-0.2, 0) is 0 Å². The molecule has 0 aliphatic heterocycles. The fourth-order valence-electron chi connectivity index (χ4n) is 2.19. The van der Waals surface area contributed by atoms with Crippen LogP contribution in [0.5, 0.6) is 5.75 Å². The molecule has 0 bridgehead atoms. The van der Waals surface area contributed by atoms with Gasteiger partial charge in [-0.2, -0.15) is 0 Å². The van der Waals surface area contributed by atoms with Gasteiger partial charge in [-0.15, -0.1) is 11.3 Å². The smallest absolute Gasteiger partial charge is 0.259 e. The van der Waals surface area contributed by atoms with Crippen LogP contribution < -0.4 is 9.64 Å². The molecule has 0 radical (unpaired) electrons. The molecule has 0 aliphatic carbocycles. The largest absolute Gasteiger partial charge is 0.497 e. The molecule has 0 N–H and O–H groups in total. The van der Waals surface area contributed by atoms with Crippen molar-refractivity contribution in [3.63, 3.8) is 0 Å². The van der Waals surface area contributed by atoms with Crippen LogP contribution in [0, 0.1) is 0 Å². The topological polar surface area (TPSA) is 42.4 Å². The van der Waals surface area contributed by atoms with Crippen LogP contribution in [0.1, 0.15) is 10.4 Å². The Hall–Kier alpha value is -2.18. The number of nitrogens with zero attached hydrogens (tertiary/aromatic N) is 2. The number of benzene rings is 2. The summed E-state index contributed by atoms with van der Waals surface area (Å²) >= 11 is 4.81. The van der Waals surface area contributed by atoms with Crippen molar-refractivity contribution in [3.05, 3.63) is 63.9 Å². The predicted octanol–water partition coefficient (Wildman–Crippen LogP) is 4.86. The van der Waals surface area contributed by atoms with Crippen molar-refractivity contribution in [2.45, 2.75) is 0 Å². The molecule has 24 heavy (non-hydrogen) atoms. The summed E-state index contributed by atoms with van der Waals surface area (Å²) in [5, 5.41) is 2.61. The van der Waals surface area contributed by atoms with E-state index >= 15 is 0 Å². The van der Waals surface area contributed by atoms with Crippen LogP contribution in [0.2, 0.25) is 0 Å². The van der Waals surface area contributed by atoms with E-state index in [4.69, 9.17) is 4.74 Å². The minimum atomic E-state index is -0.0851. The number of aromatic nitrogens is 1. The Bertz CT molecular complexity index is 844. The quantitative estimate of drug-likeness (QED) is 0.625. The standard InChI is InChI=1S/C18H15BrN2O2S/c1-21(17(22)13-3-7-14(19)8-4-13)18-20-16(11-24-18)12-5-9-15(23-2)10-6-12/h3-11H,1-2H3. The lowest BCUT2D eigenvalue weighted by molar-refractivity contribution is 0.0993. The number of rotatable bonds is 4. The van der Waals surface area contributed by atoms with Gasteiger partial charge in [-0.25, -0.2) is 4.98 Å². The van der Waals surface area contributed by atoms with E-state index in [9.17, 15) is 4.79 Å². The molecule has 1 aromatic heterocycles. The Morgan fingerprint density at radius 2 is 1.79 bits per heavy atom. The summed E-state index contributed by atoms with van der Waals surface area (Å²) in [6.07, 6.45) is 0. The van der Waals surface area contributed by atoms with Crippen LogP contribution in [0.3, 0.4) is 0 Å². The summed E-state index contributed by atoms with van der Waals surface area (Å²) < 4.78 is 6.11. The highest BCUT2D eigenvalue weighted by Crippen LogP contribution is 2.28. The normalized spacial score (nSPS) is 10.5. The van der Waals surface area contributed by atoms with Crippen molar-refractivity contribution in [1.82, 2.24) is 4.98 Å². The van der Waals surface area contributed by atoms with Gasteiger partial charge in [0.1, 0.15) is 5.75 Å². The second-order valence-corrected chi connectivity index (χ2v) is 6.87. The van der Waals surface area contributed by atoms with Crippen LogP contribution in [0.4, 0.5) is 5.13 Å². The number of hydrogen-bond acceptors (Lipinski definition) is 4. The fourth-order valence-corrected chi connectivity index (χ4v) is 3.25. The number of carbonyl (C=O) groups is 1. The van der Waals surface area contributed by atoms with Crippen LogP contribution in [-0.4, -0.2) is 25.0 Å². The summed E-state index contributed by atoms with van der Waals surface area (Å²) in [5.41, 5.74) is 2.46. The highest BCUT2D eigenvalue weighted by molar-refractivity contribution is 9.10. The molecular formula is C18H15BrN2O2S. The molecule has 0 saturated heterocycles. The third-order valence-corrected chi connectivity index (χ3v) is 5.01. The van der Waals surface area contributed by atoms with Gasteiger partial charge >= 0.3 is 0 Å². The van der Waals surface area contributed by atoms with Crippen molar-refractivity contribution in [2.75, 3.05) is 19.1 Å². The van der Waals surface area contributed by atoms with Crippen LogP contribution in [0.15, 0.2) is 58.4 Å². The number of carbonyl (C=O) groups excluding carboxylic acids is 1. The first-order valence-electron chi connectivity index (χ1n) is 7.22. The molecule has 3 rings (SSSR count). The SMILES string of the molecule is COc1ccc(-c2csc(N(C)C(=O)c3ccc(Br)cc3)n2)cc1. The molecule has 0 unspecified atom stereocenters. The average molecular weight is 403 g/mol. The Morgan fingerprint density at radius 1 is 1.12 bits per heavy atom. The molecule has 0 fully saturated rings. The number of anilines is 1. The zero-order valence-corrected chi connectivity index (χ0v) is 15.6. The van der Waals surface area contributed by atoms with Crippen molar-refractivity contribution < 1.29 is 9.53 Å². The van der Waals surface area contributed by atoms with Gasteiger partial charge < -0.3 is 4.74 Å². The van der Waals surface area contributed by atoms with Crippen molar-refractivity contribution in [1.29, 1.82) is 0 Å². The lowest BCUT2D eigenvalue weighted by atomic mass is 10.2. The lowest BCUT2D eigenvalue weighted by Gasteiger charge is -2.13. The van der Waals surface area contributed by atoms with Gasteiger partial charge in [-0.3, -0.25) is 9.69 Å². The number of methoxy groups -OCH3 is 1. The van der Waals surface area contributed by atoms with Gasteiger partial charge in [0.2, 0.25) is 0 Å². The van der Waals surface area contributed by atoms with Gasteiger partial charge in [0, 0.05) is 28.0 Å². The maximum absolute atomic E-state index is 12.5. The van der Waals surface area contributed by atoms with Gasteiger partial charge in [-0.1, -0.05) is 15.9 Å². The molecule has 122 valence electrons. The van der Waals surface area contributed by atoms with E-state index in [0.717, 1.165) is 21.5 Å². The van der Waals surface area contributed by atoms with Crippen LogP contribution >= 0.6 is 27.3 Å². The maximum atomic E-state index is 12.5. The molecule has 0 spiro atoms. The Balaban J connectivity index is 1.81. The third-order valence-electron chi connectivity index (χ3n) is 3.56. The minimum absolute atomic E-state index is 0.0851.